The molecule has 2 fully saturated rings. The monoisotopic (exact) mass is 526 g/mol. The van der Waals surface area contributed by atoms with Gasteiger partial charge < -0.3 is 24.4 Å². The Balaban J connectivity index is 0.00000256. The maximum Gasteiger partial charge on any atom is 0.194 e. The van der Waals surface area contributed by atoms with Crippen LogP contribution >= 0.6 is 24.0 Å². The smallest absolute Gasteiger partial charge is 0.194 e. The molecule has 0 atom stereocenters. The van der Waals surface area contributed by atoms with Crippen molar-refractivity contribution in [1.29, 1.82) is 0 Å². The third-order valence-electron chi connectivity index (χ3n) is 5.52. The van der Waals surface area contributed by atoms with Gasteiger partial charge in [-0.05, 0) is 17.7 Å². The molecule has 2 aromatic rings. The number of rotatable bonds is 5. The number of ether oxygens (including phenoxy) is 1. The Morgan fingerprint density at radius 2 is 1.77 bits per heavy atom. The van der Waals surface area contributed by atoms with E-state index < -0.39 is 0 Å². The number of hydrogen-bond donors (Lipinski definition) is 1. The quantitative estimate of drug-likeness (QED) is 0.363. The van der Waals surface area contributed by atoms with Crippen molar-refractivity contribution in [3.8, 4) is 0 Å². The van der Waals surface area contributed by atoms with Gasteiger partial charge in [-0.25, -0.2) is 0 Å². The molecule has 30 heavy (non-hydrogen) atoms. The van der Waals surface area contributed by atoms with E-state index in [1.807, 2.05) is 13.1 Å². The van der Waals surface area contributed by atoms with Crippen molar-refractivity contribution in [3.63, 3.8) is 0 Å². The Morgan fingerprint density at radius 3 is 2.40 bits per heavy atom. The Hall–Kier alpha value is -1.85. The predicted octanol–water partition coefficient (Wildman–Crippen LogP) is 2.02. The first kappa shape index (κ1) is 22.8. The van der Waals surface area contributed by atoms with Crippen LogP contribution in [0.3, 0.4) is 0 Å². The molecule has 1 N–H and O–H groups in total. The minimum Gasteiger partial charge on any atom is -0.378 e. The van der Waals surface area contributed by atoms with Crippen molar-refractivity contribution >= 4 is 35.6 Å². The Bertz CT molecular complexity index is 769. The molecule has 0 spiro atoms. The van der Waals surface area contributed by atoms with Crippen LogP contribution in [0.1, 0.15) is 11.3 Å². The lowest BCUT2D eigenvalue weighted by atomic mass is 10.2. The summed E-state index contributed by atoms with van der Waals surface area (Å²) in [6.45, 7) is 9.04. The van der Waals surface area contributed by atoms with Crippen LogP contribution in [0, 0.1) is 0 Å². The zero-order chi connectivity index (χ0) is 19.9. The topological polar surface area (TPSA) is 69.4 Å². The van der Waals surface area contributed by atoms with E-state index >= 15 is 0 Å². The molecule has 2 aliphatic heterocycles. The summed E-state index contributed by atoms with van der Waals surface area (Å²) in [5, 5.41) is 7.52. The fourth-order valence-electron chi connectivity index (χ4n) is 3.83. The molecular weight excluding hydrogens is 495 g/mol. The molecular formula is C21H31IN6O2. The number of benzene rings is 1. The third kappa shape index (κ3) is 6.08. The molecule has 8 nitrogen and oxygen atoms in total. The van der Waals surface area contributed by atoms with Crippen LogP contribution in [0.5, 0.6) is 0 Å². The van der Waals surface area contributed by atoms with Crippen LogP contribution in [0.2, 0.25) is 0 Å². The highest BCUT2D eigenvalue weighted by atomic mass is 127. The van der Waals surface area contributed by atoms with Crippen LogP contribution < -0.4 is 10.2 Å². The van der Waals surface area contributed by atoms with Crippen molar-refractivity contribution in [3.05, 3.63) is 47.9 Å². The standard InChI is InChI=1S/C21H30N6O2.HI/c1-22-21(27-9-7-25(8-10-27)17-19-6-13-29-24-19)23-16-18-2-4-20(5-3-18)26-11-14-28-15-12-26;/h2-6,13H,7-12,14-17H2,1H3,(H,22,23);1H. The lowest BCUT2D eigenvalue weighted by Gasteiger charge is -2.36. The van der Waals surface area contributed by atoms with E-state index in [1.54, 1.807) is 6.26 Å². The van der Waals surface area contributed by atoms with Crippen molar-refractivity contribution in [2.24, 2.45) is 4.99 Å². The highest BCUT2D eigenvalue weighted by molar-refractivity contribution is 14.0. The number of anilines is 1. The molecule has 0 unspecified atom stereocenters. The van der Waals surface area contributed by atoms with E-state index in [0.717, 1.165) is 77.2 Å². The van der Waals surface area contributed by atoms with Crippen LogP contribution in [-0.2, 0) is 17.8 Å². The number of nitrogens with one attached hydrogen (secondary N) is 1. The number of aliphatic imine (C=N–C) groups is 1. The first-order valence-corrected chi connectivity index (χ1v) is 10.3. The second-order valence-corrected chi connectivity index (χ2v) is 7.42. The van der Waals surface area contributed by atoms with Crippen LogP contribution in [0.4, 0.5) is 5.69 Å². The number of nitrogens with zero attached hydrogens (tertiary/aromatic N) is 5. The van der Waals surface area contributed by atoms with Crippen molar-refractivity contribution < 1.29 is 9.26 Å². The molecule has 0 amide bonds. The van der Waals surface area contributed by atoms with Gasteiger partial charge in [-0.1, -0.05) is 17.3 Å². The number of guanidine groups is 1. The number of hydrogen-bond acceptors (Lipinski definition) is 6. The maximum absolute atomic E-state index is 5.43. The minimum absolute atomic E-state index is 0. The van der Waals surface area contributed by atoms with E-state index in [4.69, 9.17) is 9.26 Å². The van der Waals surface area contributed by atoms with E-state index in [1.165, 1.54) is 11.3 Å². The number of piperazine rings is 1. The molecule has 4 rings (SSSR count). The van der Waals surface area contributed by atoms with Gasteiger partial charge in [-0.2, -0.15) is 0 Å². The molecule has 0 saturated carbocycles. The molecule has 0 aliphatic carbocycles. The van der Waals surface area contributed by atoms with Crippen LogP contribution in [0.25, 0.3) is 0 Å². The first-order chi connectivity index (χ1) is 14.3. The zero-order valence-corrected chi connectivity index (χ0v) is 19.8. The Labute approximate surface area is 195 Å². The first-order valence-electron chi connectivity index (χ1n) is 10.3. The Kier molecular flexibility index (Phi) is 8.76. The molecule has 9 heteroatoms. The van der Waals surface area contributed by atoms with Gasteiger partial charge in [0.1, 0.15) is 6.26 Å². The van der Waals surface area contributed by atoms with E-state index in [-0.39, 0.29) is 24.0 Å². The molecule has 164 valence electrons. The summed E-state index contributed by atoms with van der Waals surface area (Å²) in [4.78, 5) is 11.6. The predicted molar refractivity (Wildman–Crippen MR) is 128 cm³/mol. The van der Waals surface area contributed by atoms with Gasteiger partial charge in [0.25, 0.3) is 0 Å². The van der Waals surface area contributed by atoms with E-state index in [2.05, 4.69) is 54.4 Å². The molecule has 0 radical (unpaired) electrons. The van der Waals surface area contributed by atoms with E-state index in [0.29, 0.717) is 0 Å². The third-order valence-corrected chi connectivity index (χ3v) is 5.52. The highest BCUT2D eigenvalue weighted by Crippen LogP contribution is 2.16. The summed E-state index contributed by atoms with van der Waals surface area (Å²) < 4.78 is 10.4. The average molecular weight is 526 g/mol. The summed E-state index contributed by atoms with van der Waals surface area (Å²) in [6, 6.07) is 10.7. The molecule has 2 saturated heterocycles. The molecule has 1 aromatic carbocycles. The largest absolute Gasteiger partial charge is 0.378 e. The molecule has 1 aromatic heterocycles. The van der Waals surface area contributed by atoms with Crippen LogP contribution in [-0.4, -0.2) is 80.4 Å². The number of morpholine rings is 1. The molecule has 0 bridgehead atoms. The molecule has 2 aliphatic rings. The summed E-state index contributed by atoms with van der Waals surface area (Å²) in [5.41, 5.74) is 3.51. The van der Waals surface area contributed by atoms with Crippen LogP contribution in [0.15, 0.2) is 46.1 Å². The Morgan fingerprint density at radius 1 is 1.03 bits per heavy atom. The average Bonchev–Trinajstić information content (AvgIpc) is 3.29. The van der Waals surface area contributed by atoms with Gasteiger partial charge >= 0.3 is 0 Å². The van der Waals surface area contributed by atoms with Gasteiger partial charge in [0.05, 0.1) is 18.9 Å². The number of aromatic nitrogens is 1. The fourth-order valence-corrected chi connectivity index (χ4v) is 3.83. The molecule has 3 heterocycles. The number of halogens is 1. The summed E-state index contributed by atoms with van der Waals surface area (Å²) in [6.07, 6.45) is 1.63. The summed E-state index contributed by atoms with van der Waals surface area (Å²) in [5.74, 6) is 0.961. The summed E-state index contributed by atoms with van der Waals surface area (Å²) in [7, 11) is 1.85. The lowest BCUT2D eigenvalue weighted by molar-refractivity contribution is 0.122. The van der Waals surface area contributed by atoms with Crippen molar-refractivity contribution in [2.45, 2.75) is 13.1 Å². The zero-order valence-electron chi connectivity index (χ0n) is 17.5. The van der Waals surface area contributed by atoms with Gasteiger partial charge in [-0.3, -0.25) is 9.89 Å². The maximum atomic E-state index is 5.43. The second kappa shape index (κ2) is 11.5. The van der Waals surface area contributed by atoms with Gasteiger partial charge in [0.2, 0.25) is 0 Å². The minimum atomic E-state index is 0. The second-order valence-electron chi connectivity index (χ2n) is 7.42. The van der Waals surface area contributed by atoms with Crippen molar-refractivity contribution in [1.82, 2.24) is 20.3 Å². The van der Waals surface area contributed by atoms with Gasteiger partial charge in [0.15, 0.2) is 5.96 Å². The fraction of sp³-hybridized carbons (Fsp3) is 0.524. The lowest BCUT2D eigenvalue weighted by Crippen LogP contribution is -2.52. The SMILES string of the molecule is CN=C(NCc1ccc(N2CCOCC2)cc1)N1CCN(Cc2ccon2)CC1.I. The normalized spacial score (nSPS) is 18.2. The summed E-state index contributed by atoms with van der Waals surface area (Å²) >= 11 is 0. The van der Waals surface area contributed by atoms with Crippen molar-refractivity contribution in [2.75, 3.05) is 64.4 Å². The van der Waals surface area contributed by atoms with Gasteiger partial charge in [0, 0.05) is 71.2 Å². The van der Waals surface area contributed by atoms with E-state index in [9.17, 15) is 0 Å². The highest BCUT2D eigenvalue weighted by Gasteiger charge is 2.20. The van der Waals surface area contributed by atoms with Gasteiger partial charge in [-0.15, -0.1) is 24.0 Å².